The number of imide groups is 1. The summed E-state index contributed by atoms with van der Waals surface area (Å²) in [5, 5.41) is 7.25. The zero-order chi connectivity index (χ0) is 37.8. The molecule has 0 saturated carbocycles. The zero-order valence-electron chi connectivity index (χ0n) is 29.6. The summed E-state index contributed by atoms with van der Waals surface area (Å²) in [6, 6.07) is 35.9. The van der Waals surface area contributed by atoms with Gasteiger partial charge in [-0.2, -0.15) is 0 Å². The van der Waals surface area contributed by atoms with Crippen molar-refractivity contribution in [1.29, 1.82) is 0 Å². The number of nitrogens with zero attached hydrogens (tertiary/aromatic N) is 2. The first-order valence-corrected chi connectivity index (χ1v) is 18.4. The molecule has 2 heterocycles. The number of anilines is 2. The molecule has 2 N–H and O–H groups in total. The smallest absolute Gasteiger partial charge is 0.338 e. The number of aryl methyl sites for hydroxylation is 1. The van der Waals surface area contributed by atoms with Gasteiger partial charge < -0.3 is 19.9 Å². The third-order valence-corrected chi connectivity index (χ3v) is 10.2. The van der Waals surface area contributed by atoms with Crippen LogP contribution in [-0.4, -0.2) is 46.0 Å². The number of nitrogens with one attached hydrogen (secondary N) is 2. The van der Waals surface area contributed by atoms with E-state index >= 15 is 0 Å². The van der Waals surface area contributed by atoms with Crippen LogP contribution in [0.25, 0.3) is 27.9 Å². The van der Waals surface area contributed by atoms with Crippen molar-refractivity contribution in [3.05, 3.63) is 144 Å². The van der Waals surface area contributed by atoms with Gasteiger partial charge in [-0.3, -0.25) is 19.2 Å². The number of fused-ring (bicyclic) bond motifs is 3. The minimum absolute atomic E-state index is 0.0144. The van der Waals surface area contributed by atoms with Crippen molar-refractivity contribution in [3.63, 3.8) is 0 Å². The van der Waals surface area contributed by atoms with Crippen LogP contribution in [0.5, 0.6) is 0 Å². The Morgan fingerprint density at radius 3 is 2.30 bits per heavy atom. The molecule has 11 heteroatoms. The lowest BCUT2D eigenvalue weighted by Gasteiger charge is -2.16. The van der Waals surface area contributed by atoms with Gasteiger partial charge >= 0.3 is 5.97 Å². The quantitative estimate of drug-likeness (QED) is 0.0789. The van der Waals surface area contributed by atoms with Gasteiger partial charge in [0, 0.05) is 50.9 Å². The molecular formula is C43H36N4O6S. The highest BCUT2D eigenvalue weighted by Crippen LogP contribution is 2.35. The second kappa shape index (κ2) is 15.6. The van der Waals surface area contributed by atoms with Crippen LogP contribution in [-0.2, 0) is 25.7 Å². The van der Waals surface area contributed by atoms with Crippen LogP contribution in [0.2, 0.25) is 0 Å². The van der Waals surface area contributed by atoms with Crippen LogP contribution < -0.4 is 15.5 Å². The molecule has 0 radical (unpaired) electrons. The molecule has 7 rings (SSSR count). The SMILES string of the molecule is CCOC(=O)c1ccc(N2C(=O)C[C@H](Sc3cccc(NC(=O)/C(=C\c4ccc5c6ccccc6n(CC)c5c4)NC(=O)c4ccccc4)c3)C2=O)cc1. The molecular weight excluding hydrogens is 701 g/mol. The van der Waals surface area contributed by atoms with Gasteiger partial charge in [-0.25, -0.2) is 9.69 Å². The molecule has 270 valence electrons. The number of carbonyl (C=O) groups excluding carboxylic acids is 5. The Balaban J connectivity index is 1.12. The monoisotopic (exact) mass is 736 g/mol. The fraction of sp³-hybridized carbons (Fsp3) is 0.140. The number of benzene rings is 5. The first-order valence-electron chi connectivity index (χ1n) is 17.5. The van der Waals surface area contributed by atoms with Crippen molar-refractivity contribution in [2.24, 2.45) is 0 Å². The average molecular weight is 737 g/mol. The molecule has 54 heavy (non-hydrogen) atoms. The third kappa shape index (κ3) is 7.39. The number of rotatable bonds is 11. The number of hydrogen-bond donors (Lipinski definition) is 2. The molecule has 0 bridgehead atoms. The van der Waals surface area contributed by atoms with Crippen LogP contribution in [0.3, 0.4) is 0 Å². The van der Waals surface area contributed by atoms with E-state index in [1.807, 2.05) is 36.4 Å². The van der Waals surface area contributed by atoms with Crippen molar-refractivity contribution in [2.45, 2.75) is 37.0 Å². The molecule has 4 amide bonds. The number of para-hydroxylation sites is 1. The number of esters is 1. The standard InChI is InChI=1S/C43H36N4O6S/c1-3-46-36-16-9-8-15-33(36)34-22-17-27(24-37(34)46)23-35(45-40(49)28-11-6-5-7-12-28)41(50)44-30-13-10-14-32(25-30)54-38-26-39(48)47(42(38)51)31-20-18-29(19-21-31)43(52)53-4-2/h5-25,38H,3-4,26H2,1-2H3,(H,44,50)(H,45,49)/b35-23+/t38-/m0/s1. The number of carbonyl (C=O) groups is 5. The fourth-order valence-corrected chi connectivity index (χ4v) is 7.66. The lowest BCUT2D eigenvalue weighted by atomic mass is 10.1. The molecule has 1 aliphatic rings. The number of hydrogen-bond acceptors (Lipinski definition) is 7. The van der Waals surface area contributed by atoms with E-state index in [1.54, 1.807) is 73.7 Å². The Labute approximate surface area is 315 Å². The predicted molar refractivity (Wildman–Crippen MR) is 211 cm³/mol. The topological polar surface area (TPSA) is 127 Å². The van der Waals surface area contributed by atoms with E-state index in [9.17, 15) is 24.0 Å². The maximum absolute atomic E-state index is 13.9. The fourth-order valence-electron chi connectivity index (χ4n) is 6.54. The summed E-state index contributed by atoms with van der Waals surface area (Å²) in [5.74, 6) is -2.19. The highest BCUT2D eigenvalue weighted by molar-refractivity contribution is 8.00. The normalized spacial score (nSPS) is 14.4. The van der Waals surface area contributed by atoms with E-state index in [1.165, 1.54) is 23.9 Å². The Morgan fingerprint density at radius 1 is 0.796 bits per heavy atom. The molecule has 1 aromatic heterocycles. The van der Waals surface area contributed by atoms with E-state index < -0.39 is 23.0 Å². The second-order valence-corrected chi connectivity index (χ2v) is 13.8. The highest BCUT2D eigenvalue weighted by atomic mass is 32.2. The molecule has 10 nitrogen and oxygen atoms in total. The highest BCUT2D eigenvalue weighted by Gasteiger charge is 2.40. The molecule has 1 fully saturated rings. The van der Waals surface area contributed by atoms with E-state index in [0.29, 0.717) is 27.4 Å². The van der Waals surface area contributed by atoms with Gasteiger partial charge in [0.15, 0.2) is 0 Å². The van der Waals surface area contributed by atoms with Gasteiger partial charge in [-0.15, -0.1) is 11.8 Å². The summed E-state index contributed by atoms with van der Waals surface area (Å²) in [6.07, 6.45) is 1.64. The maximum Gasteiger partial charge on any atom is 0.338 e. The third-order valence-electron chi connectivity index (χ3n) is 9.07. The molecule has 6 aromatic rings. The summed E-state index contributed by atoms with van der Waals surface area (Å²) >= 11 is 1.22. The van der Waals surface area contributed by atoms with Crippen LogP contribution in [0.4, 0.5) is 11.4 Å². The van der Waals surface area contributed by atoms with Crippen molar-refractivity contribution in [3.8, 4) is 0 Å². The van der Waals surface area contributed by atoms with Crippen molar-refractivity contribution >= 4 is 80.6 Å². The van der Waals surface area contributed by atoms with Crippen LogP contribution in [0, 0.1) is 0 Å². The predicted octanol–water partition coefficient (Wildman–Crippen LogP) is 7.82. The Morgan fingerprint density at radius 2 is 1.54 bits per heavy atom. The van der Waals surface area contributed by atoms with Crippen molar-refractivity contribution < 1.29 is 28.7 Å². The molecule has 1 atom stereocenters. The van der Waals surface area contributed by atoms with Gasteiger partial charge in [-0.05, 0) is 92.2 Å². The van der Waals surface area contributed by atoms with Gasteiger partial charge in [0.05, 0.1) is 23.1 Å². The number of amides is 4. The first-order chi connectivity index (χ1) is 26.2. The van der Waals surface area contributed by atoms with E-state index in [0.717, 1.165) is 38.8 Å². The maximum atomic E-state index is 13.9. The Kier molecular flexibility index (Phi) is 10.4. The molecule has 1 aliphatic heterocycles. The lowest BCUT2D eigenvalue weighted by molar-refractivity contribution is -0.121. The van der Waals surface area contributed by atoms with Gasteiger partial charge in [-0.1, -0.05) is 54.6 Å². The molecule has 0 aliphatic carbocycles. The van der Waals surface area contributed by atoms with E-state index in [-0.39, 0.29) is 30.5 Å². The Hall–Kier alpha value is -6.46. The van der Waals surface area contributed by atoms with Crippen molar-refractivity contribution in [2.75, 3.05) is 16.8 Å². The van der Waals surface area contributed by atoms with Crippen LogP contribution >= 0.6 is 11.8 Å². The zero-order valence-corrected chi connectivity index (χ0v) is 30.4. The lowest BCUT2D eigenvalue weighted by Crippen LogP contribution is -2.31. The summed E-state index contributed by atoms with van der Waals surface area (Å²) in [4.78, 5) is 67.5. The van der Waals surface area contributed by atoms with Crippen LogP contribution in [0.1, 0.15) is 46.5 Å². The minimum atomic E-state index is -0.692. The van der Waals surface area contributed by atoms with Gasteiger partial charge in [0.25, 0.3) is 11.8 Å². The summed E-state index contributed by atoms with van der Waals surface area (Å²) in [7, 11) is 0. The second-order valence-electron chi connectivity index (χ2n) is 12.5. The molecule has 0 spiro atoms. The summed E-state index contributed by atoms with van der Waals surface area (Å²) in [6.45, 7) is 4.79. The van der Waals surface area contributed by atoms with Gasteiger partial charge in [0.2, 0.25) is 11.8 Å². The first kappa shape index (κ1) is 35.9. The van der Waals surface area contributed by atoms with E-state index in [4.69, 9.17) is 4.74 Å². The largest absolute Gasteiger partial charge is 0.462 e. The molecule has 5 aromatic carbocycles. The van der Waals surface area contributed by atoms with Gasteiger partial charge in [0.1, 0.15) is 5.70 Å². The Bertz CT molecular complexity index is 2460. The van der Waals surface area contributed by atoms with Crippen molar-refractivity contribution in [1.82, 2.24) is 9.88 Å². The number of thioether (sulfide) groups is 1. The molecule has 0 unspecified atom stereocenters. The summed E-state index contributed by atoms with van der Waals surface area (Å²) in [5.41, 5.74) is 4.43. The number of aromatic nitrogens is 1. The summed E-state index contributed by atoms with van der Waals surface area (Å²) < 4.78 is 7.24. The number of ether oxygens (including phenoxy) is 1. The van der Waals surface area contributed by atoms with E-state index in [2.05, 4.69) is 34.3 Å². The molecule has 1 saturated heterocycles. The van der Waals surface area contributed by atoms with Crippen LogP contribution in [0.15, 0.2) is 132 Å². The minimum Gasteiger partial charge on any atom is -0.462 e. The average Bonchev–Trinajstić information content (AvgIpc) is 3.66.